The Kier molecular flexibility index (Phi) is 5.53. The molecule has 0 spiro atoms. The Hall–Kier alpha value is -2.36. The maximum absolute atomic E-state index is 13.8. The molecular weight excluding hydrogens is 282 g/mol. The first-order valence-corrected chi connectivity index (χ1v) is 7.21. The summed E-state index contributed by atoms with van der Waals surface area (Å²) in [4.78, 5) is 0. The first kappa shape index (κ1) is 16.0. The Balaban J connectivity index is 2.11. The zero-order valence-corrected chi connectivity index (χ0v) is 12.7. The summed E-state index contributed by atoms with van der Waals surface area (Å²) in [5, 5.41) is 7.54. The first-order chi connectivity index (χ1) is 10.6. The van der Waals surface area contributed by atoms with E-state index in [2.05, 4.69) is 10.2 Å². The van der Waals surface area contributed by atoms with E-state index in [9.17, 15) is 8.78 Å². The van der Waals surface area contributed by atoms with E-state index in [4.69, 9.17) is 0 Å². The normalized spacial score (nSPS) is 11.6. The molecule has 0 aliphatic carbocycles. The van der Waals surface area contributed by atoms with Gasteiger partial charge >= 0.3 is 0 Å². The summed E-state index contributed by atoms with van der Waals surface area (Å²) >= 11 is 0. The van der Waals surface area contributed by atoms with Gasteiger partial charge < -0.3 is 0 Å². The van der Waals surface area contributed by atoms with E-state index in [0.717, 1.165) is 23.8 Å². The van der Waals surface area contributed by atoms with Crippen LogP contribution in [-0.2, 0) is 6.42 Å². The highest BCUT2D eigenvalue weighted by Gasteiger charge is 2.08. The van der Waals surface area contributed by atoms with Gasteiger partial charge in [-0.1, -0.05) is 43.2 Å². The average molecular weight is 300 g/mol. The summed E-state index contributed by atoms with van der Waals surface area (Å²) < 4.78 is 27.7. The van der Waals surface area contributed by atoms with Crippen LogP contribution in [-0.4, -0.2) is 12.4 Å². The molecule has 4 heteroatoms. The second-order valence-electron chi connectivity index (χ2n) is 5.12. The zero-order chi connectivity index (χ0) is 15.9. The molecule has 0 saturated heterocycles. The van der Waals surface area contributed by atoms with Crippen molar-refractivity contribution < 1.29 is 8.78 Å². The number of benzene rings is 2. The van der Waals surface area contributed by atoms with Gasteiger partial charge in [-0.3, -0.25) is 0 Å². The fraction of sp³-hybridized carbons (Fsp3) is 0.222. The maximum atomic E-state index is 13.8. The van der Waals surface area contributed by atoms with E-state index in [0.29, 0.717) is 12.0 Å². The van der Waals surface area contributed by atoms with Gasteiger partial charge in [0.05, 0.1) is 18.0 Å². The van der Waals surface area contributed by atoms with Gasteiger partial charge in [-0.05, 0) is 36.6 Å². The number of hydrogen-bond donors (Lipinski definition) is 0. The number of rotatable bonds is 5. The molecule has 0 fully saturated rings. The lowest BCUT2D eigenvalue weighted by Gasteiger charge is -2.03. The van der Waals surface area contributed by atoms with Gasteiger partial charge in [-0.15, -0.1) is 0 Å². The third kappa shape index (κ3) is 4.32. The largest absolute Gasteiger partial charge is 0.206 e. The second-order valence-corrected chi connectivity index (χ2v) is 5.12. The van der Waals surface area contributed by atoms with Crippen molar-refractivity contribution >= 4 is 12.4 Å². The van der Waals surface area contributed by atoms with E-state index in [1.165, 1.54) is 18.3 Å². The molecule has 22 heavy (non-hydrogen) atoms. The standard InChI is InChI=1S/C18H18F2N2/c1-3-4-15-9-17(19)16(18(20)10-15)12-22-21-11-14-7-5-13(2)6-8-14/h5-12H,3-4H2,1-2H3/b21-11+,22-12+. The van der Waals surface area contributed by atoms with Gasteiger partial charge in [0, 0.05) is 0 Å². The Bertz CT molecular complexity index is 666. The van der Waals surface area contributed by atoms with Crippen LogP contribution in [0.2, 0.25) is 0 Å². The van der Waals surface area contributed by atoms with Gasteiger partial charge in [0.15, 0.2) is 0 Å². The van der Waals surface area contributed by atoms with Crippen molar-refractivity contribution in [2.75, 3.05) is 0 Å². The number of nitrogens with zero attached hydrogens (tertiary/aromatic N) is 2. The van der Waals surface area contributed by atoms with Gasteiger partial charge in [0.1, 0.15) is 11.6 Å². The SMILES string of the molecule is CCCc1cc(F)c(/C=N/N=C/c2ccc(C)cc2)c(F)c1. The molecule has 0 heterocycles. The molecular formula is C18H18F2N2. The Morgan fingerprint density at radius 3 is 2.14 bits per heavy atom. The fourth-order valence-electron chi connectivity index (χ4n) is 2.04. The summed E-state index contributed by atoms with van der Waals surface area (Å²) in [6.45, 7) is 3.96. The minimum Gasteiger partial charge on any atom is -0.206 e. The Morgan fingerprint density at radius 2 is 1.55 bits per heavy atom. The summed E-state index contributed by atoms with van der Waals surface area (Å²) in [7, 11) is 0. The average Bonchev–Trinajstić information content (AvgIpc) is 2.48. The molecule has 0 aliphatic heterocycles. The van der Waals surface area contributed by atoms with Gasteiger partial charge in [0.25, 0.3) is 0 Å². The molecule has 0 amide bonds. The highest BCUT2D eigenvalue weighted by atomic mass is 19.1. The number of halogens is 2. The summed E-state index contributed by atoms with van der Waals surface area (Å²) in [6.07, 6.45) is 4.13. The minimum absolute atomic E-state index is 0.166. The smallest absolute Gasteiger partial charge is 0.135 e. The van der Waals surface area contributed by atoms with Crippen LogP contribution < -0.4 is 0 Å². The van der Waals surface area contributed by atoms with Gasteiger partial charge in [-0.25, -0.2) is 8.78 Å². The molecule has 0 unspecified atom stereocenters. The third-order valence-electron chi connectivity index (χ3n) is 3.22. The Labute approximate surface area is 129 Å². The van der Waals surface area contributed by atoms with E-state index in [1.54, 1.807) is 0 Å². The lowest BCUT2D eigenvalue weighted by molar-refractivity contribution is 0.576. The molecule has 0 radical (unpaired) electrons. The predicted molar refractivity (Wildman–Crippen MR) is 86.7 cm³/mol. The molecule has 0 N–H and O–H groups in total. The third-order valence-corrected chi connectivity index (χ3v) is 3.22. The van der Waals surface area contributed by atoms with Crippen LogP contribution in [0.3, 0.4) is 0 Å². The van der Waals surface area contributed by atoms with Crippen molar-refractivity contribution in [2.24, 2.45) is 10.2 Å². The van der Waals surface area contributed by atoms with Crippen molar-refractivity contribution in [3.63, 3.8) is 0 Å². The van der Waals surface area contributed by atoms with Crippen molar-refractivity contribution in [1.29, 1.82) is 0 Å². The van der Waals surface area contributed by atoms with Crippen LogP contribution in [0.5, 0.6) is 0 Å². The van der Waals surface area contributed by atoms with Crippen LogP contribution in [0.15, 0.2) is 46.6 Å². The first-order valence-electron chi connectivity index (χ1n) is 7.21. The van der Waals surface area contributed by atoms with Crippen LogP contribution in [0.4, 0.5) is 8.78 Å². The maximum Gasteiger partial charge on any atom is 0.135 e. The van der Waals surface area contributed by atoms with E-state index in [-0.39, 0.29) is 5.56 Å². The molecule has 0 bridgehead atoms. The molecule has 0 aromatic heterocycles. The van der Waals surface area contributed by atoms with Crippen LogP contribution in [0.25, 0.3) is 0 Å². The number of hydrogen-bond acceptors (Lipinski definition) is 2. The molecule has 2 aromatic rings. The lowest BCUT2D eigenvalue weighted by Crippen LogP contribution is -1.97. The highest BCUT2D eigenvalue weighted by molar-refractivity contribution is 5.83. The molecule has 0 aliphatic rings. The molecule has 0 saturated carbocycles. The number of aryl methyl sites for hydroxylation is 2. The molecule has 2 rings (SSSR count). The van der Waals surface area contributed by atoms with Gasteiger partial charge in [0.2, 0.25) is 0 Å². The molecule has 0 atom stereocenters. The minimum atomic E-state index is -0.613. The van der Waals surface area contributed by atoms with E-state index in [1.807, 2.05) is 38.1 Å². The molecule has 2 nitrogen and oxygen atoms in total. The monoisotopic (exact) mass is 300 g/mol. The highest BCUT2D eigenvalue weighted by Crippen LogP contribution is 2.15. The summed E-state index contributed by atoms with van der Waals surface area (Å²) in [5.41, 5.74) is 2.51. The van der Waals surface area contributed by atoms with Gasteiger partial charge in [-0.2, -0.15) is 10.2 Å². The predicted octanol–water partition coefficient (Wildman–Crippen LogP) is 4.68. The van der Waals surface area contributed by atoms with E-state index >= 15 is 0 Å². The van der Waals surface area contributed by atoms with E-state index < -0.39 is 11.6 Å². The zero-order valence-electron chi connectivity index (χ0n) is 12.7. The topological polar surface area (TPSA) is 24.7 Å². The molecule has 114 valence electrons. The Morgan fingerprint density at radius 1 is 0.955 bits per heavy atom. The van der Waals surface area contributed by atoms with Crippen LogP contribution >= 0.6 is 0 Å². The van der Waals surface area contributed by atoms with Crippen LogP contribution in [0, 0.1) is 18.6 Å². The quantitative estimate of drug-likeness (QED) is 0.566. The van der Waals surface area contributed by atoms with Crippen LogP contribution in [0.1, 0.15) is 35.6 Å². The summed E-state index contributed by atoms with van der Waals surface area (Å²) in [6, 6.07) is 10.4. The fourth-order valence-corrected chi connectivity index (χ4v) is 2.04. The second kappa shape index (κ2) is 7.59. The van der Waals surface area contributed by atoms with Crippen molar-refractivity contribution in [2.45, 2.75) is 26.7 Å². The van der Waals surface area contributed by atoms with Crippen molar-refractivity contribution in [3.05, 3.63) is 70.3 Å². The summed E-state index contributed by atoms with van der Waals surface area (Å²) in [5.74, 6) is -1.23. The van der Waals surface area contributed by atoms with Crippen molar-refractivity contribution in [1.82, 2.24) is 0 Å². The van der Waals surface area contributed by atoms with Crippen molar-refractivity contribution in [3.8, 4) is 0 Å². The molecule has 2 aromatic carbocycles. The lowest BCUT2D eigenvalue weighted by atomic mass is 10.1.